The zero-order valence-corrected chi connectivity index (χ0v) is 11.6. The molecule has 0 unspecified atom stereocenters. The van der Waals surface area contributed by atoms with Crippen molar-refractivity contribution in [2.45, 2.75) is 13.3 Å². The fourth-order valence-electron chi connectivity index (χ4n) is 1.85. The third kappa shape index (κ3) is 3.34. The lowest BCUT2D eigenvalue weighted by atomic mass is 10.3. The smallest absolute Gasteiger partial charge is 0.325 e. The van der Waals surface area contributed by atoms with Crippen molar-refractivity contribution in [2.75, 3.05) is 20.2 Å². The molecule has 0 aliphatic heterocycles. The number of hydrogen-bond donors (Lipinski definition) is 0. The molecule has 0 N–H and O–H groups in total. The molecule has 0 atom stereocenters. The lowest BCUT2D eigenvalue weighted by Gasteiger charge is -2.15. The zero-order chi connectivity index (χ0) is 14.5. The van der Waals surface area contributed by atoms with Gasteiger partial charge in [0.15, 0.2) is 0 Å². The van der Waals surface area contributed by atoms with Crippen molar-refractivity contribution in [1.82, 2.24) is 14.3 Å². The highest BCUT2D eigenvalue weighted by Gasteiger charge is 2.15. The van der Waals surface area contributed by atoms with Crippen LogP contribution in [0, 0.1) is 0 Å². The van der Waals surface area contributed by atoms with E-state index in [4.69, 9.17) is 4.74 Å². The van der Waals surface area contributed by atoms with E-state index in [0.29, 0.717) is 12.3 Å². The van der Waals surface area contributed by atoms with Gasteiger partial charge in [0.1, 0.15) is 12.2 Å². The maximum Gasteiger partial charge on any atom is 0.325 e. The molecule has 0 radical (unpaired) electrons. The number of likely N-dealkylation sites (N-methyl/N-ethyl adjacent to an activating group) is 1. The van der Waals surface area contributed by atoms with Gasteiger partial charge < -0.3 is 14.0 Å². The number of pyridine rings is 1. The summed E-state index contributed by atoms with van der Waals surface area (Å²) in [6.07, 6.45) is 3.85. The van der Waals surface area contributed by atoms with Gasteiger partial charge in [-0.3, -0.25) is 9.59 Å². The first kappa shape index (κ1) is 14.0. The molecule has 2 heterocycles. The third-order valence-corrected chi connectivity index (χ3v) is 2.84. The normalized spacial score (nSPS) is 10.5. The van der Waals surface area contributed by atoms with Crippen molar-refractivity contribution in [3.63, 3.8) is 0 Å². The standard InChI is InChI=1S/C14H17N3O3/c1-3-20-14(19)10-16(2)13(18)8-11-9-17-7-5-4-6-12(17)15-11/h4-7,9H,3,8,10H2,1-2H3. The van der Waals surface area contributed by atoms with E-state index in [-0.39, 0.29) is 18.9 Å². The third-order valence-electron chi connectivity index (χ3n) is 2.84. The maximum atomic E-state index is 12.0. The number of nitrogens with zero attached hydrogens (tertiary/aromatic N) is 3. The van der Waals surface area contributed by atoms with Crippen LogP contribution in [0.25, 0.3) is 5.65 Å². The molecule has 2 aromatic heterocycles. The van der Waals surface area contributed by atoms with Gasteiger partial charge in [0, 0.05) is 19.4 Å². The van der Waals surface area contributed by atoms with Gasteiger partial charge >= 0.3 is 5.97 Å². The van der Waals surface area contributed by atoms with E-state index in [1.165, 1.54) is 4.90 Å². The van der Waals surface area contributed by atoms with Gasteiger partial charge in [-0.05, 0) is 19.1 Å². The van der Waals surface area contributed by atoms with Crippen molar-refractivity contribution in [1.29, 1.82) is 0 Å². The Morgan fingerprint density at radius 3 is 2.90 bits per heavy atom. The van der Waals surface area contributed by atoms with E-state index in [9.17, 15) is 9.59 Å². The topological polar surface area (TPSA) is 63.9 Å². The molecule has 2 aromatic rings. The summed E-state index contributed by atoms with van der Waals surface area (Å²) in [5, 5.41) is 0. The number of aromatic nitrogens is 2. The molecular weight excluding hydrogens is 258 g/mol. The Hall–Kier alpha value is -2.37. The molecule has 20 heavy (non-hydrogen) atoms. The Morgan fingerprint density at radius 2 is 2.20 bits per heavy atom. The minimum Gasteiger partial charge on any atom is -0.465 e. The number of fused-ring (bicyclic) bond motifs is 1. The van der Waals surface area contributed by atoms with Crippen LogP contribution >= 0.6 is 0 Å². The SMILES string of the molecule is CCOC(=O)CN(C)C(=O)Cc1cn2ccccc2n1. The molecule has 0 aliphatic carbocycles. The van der Waals surface area contributed by atoms with Crippen molar-refractivity contribution >= 4 is 17.5 Å². The number of rotatable bonds is 5. The van der Waals surface area contributed by atoms with Crippen molar-refractivity contribution in [3.8, 4) is 0 Å². The minimum absolute atomic E-state index is 0.0416. The highest BCUT2D eigenvalue weighted by atomic mass is 16.5. The first-order chi connectivity index (χ1) is 9.60. The number of carbonyl (C=O) groups excluding carboxylic acids is 2. The quantitative estimate of drug-likeness (QED) is 0.760. The van der Waals surface area contributed by atoms with Gasteiger partial charge in [0.25, 0.3) is 0 Å². The zero-order valence-electron chi connectivity index (χ0n) is 11.6. The molecule has 0 aliphatic rings. The van der Waals surface area contributed by atoms with Crippen LogP contribution in [0.5, 0.6) is 0 Å². The number of imidazole rings is 1. The second-order valence-electron chi connectivity index (χ2n) is 4.43. The first-order valence-electron chi connectivity index (χ1n) is 6.42. The summed E-state index contributed by atoms with van der Waals surface area (Å²) < 4.78 is 6.66. The van der Waals surface area contributed by atoms with Gasteiger partial charge in [-0.2, -0.15) is 0 Å². The van der Waals surface area contributed by atoms with E-state index in [1.54, 1.807) is 14.0 Å². The van der Waals surface area contributed by atoms with Crippen LogP contribution in [0.4, 0.5) is 0 Å². The van der Waals surface area contributed by atoms with Crippen LogP contribution in [0.1, 0.15) is 12.6 Å². The first-order valence-corrected chi connectivity index (χ1v) is 6.42. The molecule has 0 saturated heterocycles. The Kier molecular flexibility index (Phi) is 4.34. The fourth-order valence-corrected chi connectivity index (χ4v) is 1.85. The fraction of sp³-hybridized carbons (Fsp3) is 0.357. The van der Waals surface area contributed by atoms with Crippen molar-refractivity contribution in [3.05, 3.63) is 36.3 Å². The number of carbonyl (C=O) groups is 2. The van der Waals surface area contributed by atoms with Gasteiger partial charge in [0.05, 0.1) is 18.7 Å². The molecule has 0 bridgehead atoms. The summed E-state index contributed by atoms with van der Waals surface area (Å²) in [6.45, 7) is 2.00. The monoisotopic (exact) mass is 275 g/mol. The van der Waals surface area contributed by atoms with Gasteiger partial charge in [0.2, 0.25) is 5.91 Å². The number of ether oxygens (including phenoxy) is 1. The minimum atomic E-state index is -0.404. The molecule has 0 saturated carbocycles. The molecule has 106 valence electrons. The van der Waals surface area contributed by atoms with E-state index < -0.39 is 5.97 Å². The van der Waals surface area contributed by atoms with Crippen LogP contribution < -0.4 is 0 Å². The Bertz CT molecular complexity index is 588. The number of amides is 1. The van der Waals surface area contributed by atoms with Gasteiger partial charge in [-0.15, -0.1) is 0 Å². The second-order valence-corrected chi connectivity index (χ2v) is 4.43. The summed E-state index contributed by atoms with van der Waals surface area (Å²) >= 11 is 0. The number of hydrogen-bond acceptors (Lipinski definition) is 4. The summed E-state index contributed by atoms with van der Waals surface area (Å²) in [5.41, 5.74) is 1.47. The predicted octanol–water partition coefficient (Wildman–Crippen LogP) is 0.898. The molecule has 0 spiro atoms. The van der Waals surface area contributed by atoms with Crippen LogP contribution in [-0.2, 0) is 20.7 Å². The van der Waals surface area contributed by atoms with E-state index >= 15 is 0 Å². The Morgan fingerprint density at radius 1 is 1.40 bits per heavy atom. The highest BCUT2D eigenvalue weighted by Crippen LogP contribution is 2.06. The molecule has 2 rings (SSSR count). The van der Waals surface area contributed by atoms with Crippen LogP contribution in [-0.4, -0.2) is 46.4 Å². The molecule has 6 heteroatoms. The summed E-state index contributed by atoms with van der Waals surface area (Å²) in [6, 6.07) is 5.66. The van der Waals surface area contributed by atoms with E-state index in [2.05, 4.69) is 4.98 Å². The van der Waals surface area contributed by atoms with Crippen LogP contribution in [0.2, 0.25) is 0 Å². The summed E-state index contributed by atoms with van der Waals surface area (Å²) in [7, 11) is 1.58. The lowest BCUT2D eigenvalue weighted by molar-refractivity contribution is -0.147. The van der Waals surface area contributed by atoms with Crippen molar-refractivity contribution in [2.24, 2.45) is 0 Å². The van der Waals surface area contributed by atoms with E-state index in [1.807, 2.05) is 35.0 Å². The number of esters is 1. The molecule has 6 nitrogen and oxygen atoms in total. The van der Waals surface area contributed by atoms with Crippen molar-refractivity contribution < 1.29 is 14.3 Å². The molecule has 0 fully saturated rings. The Labute approximate surface area is 117 Å². The lowest BCUT2D eigenvalue weighted by Crippen LogP contribution is -2.34. The predicted molar refractivity (Wildman–Crippen MR) is 73.2 cm³/mol. The largest absolute Gasteiger partial charge is 0.465 e. The van der Waals surface area contributed by atoms with E-state index in [0.717, 1.165) is 5.65 Å². The van der Waals surface area contributed by atoms with Crippen LogP contribution in [0.3, 0.4) is 0 Å². The van der Waals surface area contributed by atoms with Gasteiger partial charge in [-0.25, -0.2) is 4.98 Å². The maximum absolute atomic E-state index is 12.0. The second kappa shape index (κ2) is 6.18. The van der Waals surface area contributed by atoms with Gasteiger partial charge in [-0.1, -0.05) is 6.07 Å². The molecular formula is C14H17N3O3. The molecule has 1 amide bonds. The van der Waals surface area contributed by atoms with Crippen LogP contribution in [0.15, 0.2) is 30.6 Å². The summed E-state index contributed by atoms with van der Waals surface area (Å²) in [5.74, 6) is -0.570. The average molecular weight is 275 g/mol. The highest BCUT2D eigenvalue weighted by molar-refractivity contribution is 5.83. The summed E-state index contributed by atoms with van der Waals surface area (Å²) in [4.78, 5) is 29.0. The molecule has 0 aromatic carbocycles. The Balaban J connectivity index is 1.98. The average Bonchev–Trinajstić information content (AvgIpc) is 2.80.